The second-order valence-corrected chi connectivity index (χ2v) is 7.18. The first-order valence-corrected chi connectivity index (χ1v) is 9.78. The Labute approximate surface area is 171 Å². The molecule has 1 amide bonds. The Hall–Kier alpha value is -2.86. The van der Waals surface area contributed by atoms with Crippen molar-refractivity contribution in [2.75, 3.05) is 11.9 Å². The van der Waals surface area contributed by atoms with Gasteiger partial charge in [-0.05, 0) is 50.7 Å². The molecule has 0 aliphatic carbocycles. The molecule has 0 fully saturated rings. The number of thiocarbonyl (C=S) groups is 1. The van der Waals surface area contributed by atoms with E-state index >= 15 is 0 Å². The number of allylic oxidation sites excluding steroid dienone is 1. The van der Waals surface area contributed by atoms with E-state index in [1.807, 2.05) is 62.4 Å². The first-order valence-electron chi connectivity index (χ1n) is 9.37. The molecule has 0 saturated heterocycles. The average molecular weight is 396 g/mol. The van der Waals surface area contributed by atoms with Gasteiger partial charge < -0.3 is 20.7 Å². The predicted octanol–water partition coefficient (Wildman–Crippen LogP) is 4.22. The van der Waals surface area contributed by atoms with Gasteiger partial charge in [0.05, 0.1) is 18.2 Å². The van der Waals surface area contributed by atoms with Crippen LogP contribution < -0.4 is 20.7 Å². The molecule has 6 heteroatoms. The Kier molecular flexibility index (Phi) is 6.31. The molecule has 0 radical (unpaired) electrons. The minimum absolute atomic E-state index is 0.181. The average Bonchev–Trinajstić information content (AvgIpc) is 2.67. The quantitative estimate of drug-likeness (QED) is 0.640. The van der Waals surface area contributed by atoms with E-state index in [4.69, 9.17) is 17.0 Å². The van der Waals surface area contributed by atoms with Crippen LogP contribution in [0, 0.1) is 6.92 Å². The fourth-order valence-electron chi connectivity index (χ4n) is 3.13. The predicted molar refractivity (Wildman–Crippen MR) is 116 cm³/mol. The SMILES string of the molecule is CCCOc1ccccc1[C@H]1NC(=S)NC(C)=C1C(=O)Nc1ccc(C)cc1. The molecule has 0 saturated carbocycles. The van der Waals surface area contributed by atoms with E-state index in [9.17, 15) is 4.79 Å². The summed E-state index contributed by atoms with van der Waals surface area (Å²) in [5, 5.41) is 9.76. The summed E-state index contributed by atoms with van der Waals surface area (Å²) in [5.41, 5.74) is 4.08. The Balaban J connectivity index is 1.95. The van der Waals surface area contributed by atoms with Gasteiger partial charge in [0.2, 0.25) is 0 Å². The molecule has 1 aliphatic heterocycles. The molecule has 28 heavy (non-hydrogen) atoms. The Morgan fingerprint density at radius 2 is 1.86 bits per heavy atom. The van der Waals surface area contributed by atoms with Gasteiger partial charge in [0, 0.05) is 16.9 Å². The molecule has 5 nitrogen and oxygen atoms in total. The topological polar surface area (TPSA) is 62.4 Å². The van der Waals surface area contributed by atoms with Gasteiger partial charge in [-0.25, -0.2) is 0 Å². The zero-order chi connectivity index (χ0) is 20.1. The minimum atomic E-state index is -0.396. The minimum Gasteiger partial charge on any atom is -0.493 e. The molecule has 2 aromatic rings. The van der Waals surface area contributed by atoms with Crippen molar-refractivity contribution in [3.63, 3.8) is 0 Å². The van der Waals surface area contributed by atoms with Crippen LogP contribution in [-0.2, 0) is 4.79 Å². The van der Waals surface area contributed by atoms with E-state index < -0.39 is 6.04 Å². The zero-order valence-corrected chi connectivity index (χ0v) is 17.2. The number of anilines is 1. The number of benzene rings is 2. The monoisotopic (exact) mass is 395 g/mol. The fraction of sp³-hybridized carbons (Fsp3) is 0.273. The van der Waals surface area contributed by atoms with Gasteiger partial charge in [-0.15, -0.1) is 0 Å². The molecule has 146 valence electrons. The lowest BCUT2D eigenvalue weighted by Gasteiger charge is -2.31. The van der Waals surface area contributed by atoms with Crippen molar-refractivity contribution in [2.24, 2.45) is 0 Å². The highest BCUT2D eigenvalue weighted by Gasteiger charge is 2.31. The second-order valence-electron chi connectivity index (χ2n) is 6.78. The van der Waals surface area contributed by atoms with E-state index in [0.717, 1.165) is 34.7 Å². The van der Waals surface area contributed by atoms with Crippen molar-refractivity contribution in [1.82, 2.24) is 10.6 Å². The van der Waals surface area contributed by atoms with Gasteiger partial charge in [0.1, 0.15) is 5.75 Å². The van der Waals surface area contributed by atoms with Gasteiger partial charge in [-0.3, -0.25) is 4.79 Å². The molecule has 3 rings (SSSR count). The van der Waals surface area contributed by atoms with Gasteiger partial charge in [0.15, 0.2) is 5.11 Å². The highest BCUT2D eigenvalue weighted by atomic mass is 32.1. The molecular formula is C22H25N3O2S. The third-order valence-corrected chi connectivity index (χ3v) is 4.73. The summed E-state index contributed by atoms with van der Waals surface area (Å²) < 4.78 is 5.91. The zero-order valence-electron chi connectivity index (χ0n) is 16.3. The first kappa shape index (κ1) is 19.9. The Morgan fingerprint density at radius 1 is 1.14 bits per heavy atom. The number of carbonyl (C=O) groups is 1. The van der Waals surface area contributed by atoms with Crippen LogP contribution in [0.3, 0.4) is 0 Å². The van der Waals surface area contributed by atoms with E-state index in [-0.39, 0.29) is 5.91 Å². The number of nitrogens with one attached hydrogen (secondary N) is 3. The summed E-state index contributed by atoms with van der Waals surface area (Å²) in [6, 6.07) is 15.1. The molecular weight excluding hydrogens is 370 g/mol. The summed E-state index contributed by atoms with van der Waals surface area (Å²) in [6.07, 6.45) is 0.905. The van der Waals surface area contributed by atoms with Crippen LogP contribution in [0.1, 0.15) is 37.4 Å². The standard InChI is InChI=1S/C22H25N3O2S/c1-4-13-27-18-8-6-5-7-17(18)20-19(15(3)23-22(28)25-20)21(26)24-16-11-9-14(2)10-12-16/h5-12,20H,4,13H2,1-3H3,(H,24,26)(H2,23,25,28)/t20-/m1/s1. The van der Waals surface area contributed by atoms with E-state index in [1.54, 1.807) is 0 Å². The fourth-order valence-corrected chi connectivity index (χ4v) is 3.40. The van der Waals surface area contributed by atoms with Gasteiger partial charge in [-0.2, -0.15) is 0 Å². The van der Waals surface area contributed by atoms with E-state index in [1.165, 1.54) is 0 Å². The first-order chi connectivity index (χ1) is 13.5. The molecule has 1 atom stereocenters. The molecule has 0 spiro atoms. The molecule has 0 unspecified atom stereocenters. The van der Waals surface area contributed by atoms with Crippen molar-refractivity contribution in [3.8, 4) is 5.75 Å². The summed E-state index contributed by atoms with van der Waals surface area (Å²) in [6.45, 7) is 6.54. The van der Waals surface area contributed by atoms with Crippen molar-refractivity contribution in [1.29, 1.82) is 0 Å². The van der Waals surface area contributed by atoms with Crippen molar-refractivity contribution in [3.05, 3.63) is 70.9 Å². The van der Waals surface area contributed by atoms with Crippen LogP contribution >= 0.6 is 12.2 Å². The number of carbonyl (C=O) groups excluding carboxylic acids is 1. The van der Waals surface area contributed by atoms with Crippen LogP contribution in [0.4, 0.5) is 5.69 Å². The number of ether oxygens (including phenoxy) is 1. The lowest BCUT2D eigenvalue weighted by molar-refractivity contribution is -0.113. The largest absolute Gasteiger partial charge is 0.493 e. The highest BCUT2D eigenvalue weighted by molar-refractivity contribution is 7.80. The maximum atomic E-state index is 13.1. The summed E-state index contributed by atoms with van der Waals surface area (Å²) in [7, 11) is 0. The van der Waals surface area contributed by atoms with Crippen LogP contribution in [0.25, 0.3) is 0 Å². The number of aryl methyl sites for hydroxylation is 1. The number of para-hydroxylation sites is 1. The molecule has 0 bridgehead atoms. The van der Waals surface area contributed by atoms with E-state index in [0.29, 0.717) is 17.3 Å². The van der Waals surface area contributed by atoms with Crippen molar-refractivity contribution in [2.45, 2.75) is 33.2 Å². The Morgan fingerprint density at radius 3 is 2.57 bits per heavy atom. The molecule has 3 N–H and O–H groups in total. The molecule has 1 aliphatic rings. The van der Waals surface area contributed by atoms with Crippen LogP contribution in [0.5, 0.6) is 5.75 Å². The number of hydrogen-bond donors (Lipinski definition) is 3. The maximum absolute atomic E-state index is 13.1. The number of amides is 1. The highest BCUT2D eigenvalue weighted by Crippen LogP contribution is 2.33. The van der Waals surface area contributed by atoms with Gasteiger partial charge in [-0.1, -0.05) is 42.8 Å². The van der Waals surface area contributed by atoms with Crippen LogP contribution in [0.15, 0.2) is 59.8 Å². The summed E-state index contributed by atoms with van der Waals surface area (Å²) in [5.74, 6) is 0.569. The smallest absolute Gasteiger partial charge is 0.255 e. The molecule has 1 heterocycles. The lowest BCUT2D eigenvalue weighted by atomic mass is 9.94. The summed E-state index contributed by atoms with van der Waals surface area (Å²) >= 11 is 5.35. The van der Waals surface area contributed by atoms with Crippen LogP contribution in [0.2, 0.25) is 0 Å². The number of hydrogen-bond acceptors (Lipinski definition) is 3. The molecule has 2 aromatic carbocycles. The maximum Gasteiger partial charge on any atom is 0.255 e. The van der Waals surface area contributed by atoms with Crippen molar-refractivity contribution >= 4 is 28.9 Å². The third-order valence-electron chi connectivity index (χ3n) is 4.51. The second kappa shape index (κ2) is 8.89. The van der Waals surface area contributed by atoms with Gasteiger partial charge in [0.25, 0.3) is 5.91 Å². The number of rotatable bonds is 6. The molecule has 0 aromatic heterocycles. The third kappa shape index (κ3) is 4.51. The lowest BCUT2D eigenvalue weighted by Crippen LogP contribution is -2.45. The van der Waals surface area contributed by atoms with Crippen molar-refractivity contribution < 1.29 is 9.53 Å². The van der Waals surface area contributed by atoms with Gasteiger partial charge >= 0.3 is 0 Å². The van der Waals surface area contributed by atoms with E-state index in [2.05, 4.69) is 22.9 Å². The van der Waals surface area contributed by atoms with Crippen LogP contribution in [-0.4, -0.2) is 17.6 Å². The normalized spacial score (nSPS) is 16.2. The Bertz CT molecular complexity index is 906. The summed E-state index contributed by atoms with van der Waals surface area (Å²) in [4.78, 5) is 13.1.